The Hall–Kier alpha value is -0.530. The molecule has 2 fully saturated rings. The van der Waals surface area contributed by atoms with Crippen LogP contribution in [0.3, 0.4) is 0 Å². The van der Waals surface area contributed by atoms with Gasteiger partial charge in [0.1, 0.15) is 0 Å². The molecule has 0 aliphatic heterocycles. The van der Waals surface area contributed by atoms with Gasteiger partial charge in [-0.2, -0.15) is 0 Å². The number of rotatable bonds is 2. The van der Waals surface area contributed by atoms with Crippen molar-refractivity contribution in [2.45, 2.75) is 53.6 Å². The summed E-state index contributed by atoms with van der Waals surface area (Å²) in [5.74, 6) is 2.77. The summed E-state index contributed by atoms with van der Waals surface area (Å²) in [5.41, 5.74) is -0.207. The standard InChI is InChI=1S/C14H24O2/c1-8(2)16-13(15)14(5)7-11-6-12(14)10(4)9(11)3/h8-12H,6-7H2,1-5H3. The van der Waals surface area contributed by atoms with E-state index in [0.29, 0.717) is 11.8 Å². The fourth-order valence-electron chi connectivity index (χ4n) is 3.94. The Morgan fingerprint density at radius 1 is 1.31 bits per heavy atom. The predicted molar refractivity (Wildman–Crippen MR) is 63.9 cm³/mol. The molecule has 0 spiro atoms. The Balaban J connectivity index is 2.14. The van der Waals surface area contributed by atoms with E-state index < -0.39 is 0 Å². The first-order chi connectivity index (χ1) is 7.36. The zero-order chi connectivity index (χ0) is 12.1. The lowest BCUT2D eigenvalue weighted by molar-refractivity contribution is -0.164. The van der Waals surface area contributed by atoms with E-state index in [2.05, 4.69) is 20.8 Å². The van der Waals surface area contributed by atoms with Gasteiger partial charge < -0.3 is 4.74 Å². The molecule has 5 unspecified atom stereocenters. The number of ether oxygens (including phenoxy) is 1. The lowest BCUT2D eigenvalue weighted by Crippen LogP contribution is -2.41. The number of hydrogen-bond donors (Lipinski definition) is 0. The fourth-order valence-corrected chi connectivity index (χ4v) is 3.94. The quantitative estimate of drug-likeness (QED) is 0.673. The topological polar surface area (TPSA) is 26.3 Å². The molecule has 0 saturated heterocycles. The molecule has 0 radical (unpaired) electrons. The van der Waals surface area contributed by atoms with Crippen LogP contribution in [0.1, 0.15) is 47.5 Å². The third-order valence-electron chi connectivity index (χ3n) is 5.08. The summed E-state index contributed by atoms with van der Waals surface area (Å²) in [7, 11) is 0. The maximum atomic E-state index is 12.2. The van der Waals surface area contributed by atoms with Gasteiger partial charge in [0.15, 0.2) is 0 Å². The van der Waals surface area contributed by atoms with Crippen molar-refractivity contribution in [3.05, 3.63) is 0 Å². The molecule has 16 heavy (non-hydrogen) atoms. The molecule has 0 aromatic carbocycles. The van der Waals surface area contributed by atoms with Crippen molar-refractivity contribution in [3.63, 3.8) is 0 Å². The number of carbonyl (C=O) groups is 1. The van der Waals surface area contributed by atoms with Gasteiger partial charge in [-0.15, -0.1) is 0 Å². The van der Waals surface area contributed by atoms with Crippen molar-refractivity contribution in [1.29, 1.82) is 0 Å². The number of esters is 1. The van der Waals surface area contributed by atoms with Crippen LogP contribution < -0.4 is 0 Å². The van der Waals surface area contributed by atoms with Crippen molar-refractivity contribution in [2.75, 3.05) is 0 Å². The van der Waals surface area contributed by atoms with Crippen molar-refractivity contribution in [1.82, 2.24) is 0 Å². The van der Waals surface area contributed by atoms with E-state index in [1.807, 2.05) is 13.8 Å². The smallest absolute Gasteiger partial charge is 0.312 e. The lowest BCUT2D eigenvalue weighted by atomic mass is 9.67. The molecule has 2 bridgehead atoms. The zero-order valence-corrected chi connectivity index (χ0v) is 11.1. The van der Waals surface area contributed by atoms with Gasteiger partial charge in [0.05, 0.1) is 11.5 Å². The molecule has 2 saturated carbocycles. The number of fused-ring (bicyclic) bond motifs is 2. The monoisotopic (exact) mass is 224 g/mol. The molecular formula is C14H24O2. The highest BCUT2D eigenvalue weighted by atomic mass is 16.5. The Morgan fingerprint density at radius 3 is 2.38 bits per heavy atom. The third-order valence-corrected chi connectivity index (χ3v) is 5.08. The minimum absolute atomic E-state index is 0.0104. The lowest BCUT2D eigenvalue weighted by Gasteiger charge is -2.38. The third kappa shape index (κ3) is 1.57. The van der Waals surface area contributed by atoms with Crippen LogP contribution in [-0.4, -0.2) is 12.1 Å². The highest BCUT2D eigenvalue weighted by Gasteiger charge is 2.59. The first-order valence-corrected chi connectivity index (χ1v) is 6.57. The Morgan fingerprint density at radius 2 is 1.94 bits per heavy atom. The summed E-state index contributed by atoms with van der Waals surface area (Å²) in [6, 6.07) is 0. The molecule has 0 N–H and O–H groups in total. The van der Waals surface area contributed by atoms with Gasteiger partial charge in [-0.1, -0.05) is 13.8 Å². The van der Waals surface area contributed by atoms with E-state index in [4.69, 9.17) is 4.74 Å². The first-order valence-electron chi connectivity index (χ1n) is 6.57. The van der Waals surface area contributed by atoms with Crippen LogP contribution in [0.4, 0.5) is 0 Å². The molecule has 2 aliphatic carbocycles. The van der Waals surface area contributed by atoms with Gasteiger partial charge in [0.25, 0.3) is 0 Å². The highest BCUT2D eigenvalue weighted by molar-refractivity contribution is 5.77. The van der Waals surface area contributed by atoms with Gasteiger partial charge in [-0.3, -0.25) is 4.79 Å². The Bertz CT molecular complexity index is 295. The minimum Gasteiger partial charge on any atom is -0.463 e. The molecular weight excluding hydrogens is 200 g/mol. The SMILES string of the molecule is CC(C)OC(=O)C1(C)CC2CC1C(C)C2C. The summed E-state index contributed by atoms with van der Waals surface area (Å²) in [6.45, 7) is 10.6. The van der Waals surface area contributed by atoms with E-state index in [1.165, 1.54) is 6.42 Å². The van der Waals surface area contributed by atoms with Crippen LogP contribution in [0.25, 0.3) is 0 Å². The van der Waals surface area contributed by atoms with Crippen LogP contribution in [-0.2, 0) is 9.53 Å². The van der Waals surface area contributed by atoms with E-state index in [-0.39, 0.29) is 17.5 Å². The van der Waals surface area contributed by atoms with E-state index >= 15 is 0 Å². The zero-order valence-electron chi connectivity index (χ0n) is 11.1. The molecule has 2 nitrogen and oxygen atoms in total. The maximum absolute atomic E-state index is 12.2. The average molecular weight is 224 g/mol. The summed E-state index contributed by atoms with van der Waals surface area (Å²) in [4.78, 5) is 12.2. The second-order valence-electron chi connectivity index (χ2n) is 6.40. The summed E-state index contributed by atoms with van der Waals surface area (Å²) >= 11 is 0. The molecule has 2 heteroatoms. The van der Waals surface area contributed by atoms with Crippen LogP contribution in [0.2, 0.25) is 0 Å². The van der Waals surface area contributed by atoms with Crippen LogP contribution in [0, 0.1) is 29.1 Å². The van der Waals surface area contributed by atoms with E-state index in [0.717, 1.165) is 18.3 Å². The van der Waals surface area contributed by atoms with Gasteiger partial charge in [0.2, 0.25) is 0 Å². The van der Waals surface area contributed by atoms with Gasteiger partial charge >= 0.3 is 5.97 Å². The van der Waals surface area contributed by atoms with Gasteiger partial charge in [-0.05, 0) is 57.3 Å². The maximum Gasteiger partial charge on any atom is 0.312 e. The van der Waals surface area contributed by atoms with Crippen LogP contribution in [0.15, 0.2) is 0 Å². The molecule has 92 valence electrons. The number of hydrogen-bond acceptors (Lipinski definition) is 2. The molecule has 5 atom stereocenters. The van der Waals surface area contributed by atoms with Gasteiger partial charge in [-0.25, -0.2) is 0 Å². The summed E-state index contributed by atoms with van der Waals surface area (Å²) in [5, 5.41) is 0. The van der Waals surface area contributed by atoms with Crippen molar-refractivity contribution >= 4 is 5.97 Å². The molecule has 2 aliphatic rings. The molecule has 0 amide bonds. The second kappa shape index (κ2) is 3.75. The Labute approximate surface area is 98.7 Å². The average Bonchev–Trinajstić information content (AvgIpc) is 2.65. The van der Waals surface area contributed by atoms with Gasteiger partial charge in [0, 0.05) is 0 Å². The summed E-state index contributed by atoms with van der Waals surface area (Å²) < 4.78 is 5.43. The van der Waals surface area contributed by atoms with E-state index in [1.54, 1.807) is 0 Å². The van der Waals surface area contributed by atoms with Crippen molar-refractivity contribution in [3.8, 4) is 0 Å². The van der Waals surface area contributed by atoms with Crippen LogP contribution >= 0.6 is 0 Å². The number of carbonyl (C=O) groups excluding carboxylic acids is 1. The largest absolute Gasteiger partial charge is 0.463 e. The molecule has 2 rings (SSSR count). The van der Waals surface area contributed by atoms with Crippen molar-refractivity contribution < 1.29 is 9.53 Å². The summed E-state index contributed by atoms with van der Waals surface area (Å²) in [6.07, 6.45) is 2.27. The van der Waals surface area contributed by atoms with Crippen LogP contribution in [0.5, 0.6) is 0 Å². The first kappa shape index (κ1) is 11.9. The fraction of sp³-hybridized carbons (Fsp3) is 0.929. The second-order valence-corrected chi connectivity index (χ2v) is 6.40. The van der Waals surface area contributed by atoms with Crippen molar-refractivity contribution in [2.24, 2.45) is 29.1 Å². The highest BCUT2D eigenvalue weighted by Crippen LogP contribution is 2.61. The minimum atomic E-state index is -0.207. The van der Waals surface area contributed by atoms with E-state index in [9.17, 15) is 4.79 Å². The predicted octanol–water partition coefficient (Wildman–Crippen LogP) is 3.26. The molecule has 0 aromatic rings. The normalized spacial score (nSPS) is 46.4. The Kier molecular flexibility index (Phi) is 2.80. The molecule has 0 heterocycles. The molecule has 0 aromatic heterocycles.